The van der Waals surface area contributed by atoms with E-state index in [0.717, 1.165) is 4.90 Å². The van der Waals surface area contributed by atoms with Gasteiger partial charge >= 0.3 is 17.9 Å². The minimum Gasteiger partial charge on any atom is -0.480 e. The fourth-order valence-corrected chi connectivity index (χ4v) is 1.93. The molecular weight excluding hydrogens is 292 g/mol. The number of carboxylic acids is 2. The van der Waals surface area contributed by atoms with Crippen LogP contribution in [0.5, 0.6) is 0 Å². The van der Waals surface area contributed by atoms with Crippen LogP contribution >= 0.6 is 0 Å². The van der Waals surface area contributed by atoms with Crippen molar-refractivity contribution in [3.63, 3.8) is 0 Å². The molecule has 0 heterocycles. The third-order valence-corrected chi connectivity index (χ3v) is 2.81. The summed E-state index contributed by atoms with van der Waals surface area (Å²) in [5, 5.41) is 17.9. The Morgan fingerprint density at radius 3 is 2.23 bits per heavy atom. The summed E-state index contributed by atoms with van der Waals surface area (Å²) in [6.45, 7) is 0.889. The van der Waals surface area contributed by atoms with Crippen molar-refractivity contribution < 1.29 is 29.3 Å². The van der Waals surface area contributed by atoms with E-state index < -0.39 is 31.0 Å². The number of ether oxygens (including phenoxy) is 1. The van der Waals surface area contributed by atoms with Gasteiger partial charge in [-0.2, -0.15) is 0 Å². The van der Waals surface area contributed by atoms with E-state index in [9.17, 15) is 14.4 Å². The lowest BCUT2D eigenvalue weighted by Crippen LogP contribution is -2.35. The Kier molecular flexibility index (Phi) is 6.33. The second-order valence-corrected chi connectivity index (χ2v) is 4.41. The van der Waals surface area contributed by atoms with Gasteiger partial charge in [-0.3, -0.25) is 9.59 Å². The van der Waals surface area contributed by atoms with E-state index >= 15 is 0 Å². The zero-order valence-electron chi connectivity index (χ0n) is 12.1. The summed E-state index contributed by atoms with van der Waals surface area (Å²) in [6, 6.07) is 4.45. The molecule has 1 aromatic rings. The molecular formula is C14H18N2O6. The molecule has 0 saturated carbocycles. The van der Waals surface area contributed by atoms with Crippen molar-refractivity contribution >= 4 is 23.6 Å². The first-order valence-corrected chi connectivity index (χ1v) is 6.57. The third-order valence-electron chi connectivity index (χ3n) is 2.81. The number of benzene rings is 1. The standard InChI is InChI=1S/C14H18N2O6/c1-2-22-14(21)9-3-4-10(6-15)11(5-9)16(7-12(17)18)8-13(19)20/h3-5H,2,6-8,15H2,1H3,(H,17,18)(H,19,20). The smallest absolute Gasteiger partial charge is 0.338 e. The van der Waals surface area contributed by atoms with E-state index in [0.29, 0.717) is 5.56 Å². The Balaban J connectivity index is 3.24. The van der Waals surface area contributed by atoms with Gasteiger partial charge < -0.3 is 25.6 Å². The molecule has 0 bridgehead atoms. The number of carbonyl (C=O) groups is 3. The Labute approximate surface area is 127 Å². The van der Waals surface area contributed by atoms with Gasteiger partial charge in [0.15, 0.2) is 0 Å². The lowest BCUT2D eigenvalue weighted by molar-refractivity contribution is -0.136. The van der Waals surface area contributed by atoms with Gasteiger partial charge in [-0.15, -0.1) is 0 Å². The van der Waals surface area contributed by atoms with E-state index in [4.69, 9.17) is 20.7 Å². The van der Waals surface area contributed by atoms with Crippen LogP contribution in [0.2, 0.25) is 0 Å². The summed E-state index contributed by atoms with van der Waals surface area (Å²) < 4.78 is 4.88. The van der Waals surface area contributed by atoms with Crippen molar-refractivity contribution in [1.29, 1.82) is 0 Å². The van der Waals surface area contributed by atoms with Gasteiger partial charge in [-0.1, -0.05) is 6.07 Å². The van der Waals surface area contributed by atoms with Crippen LogP contribution in [0.1, 0.15) is 22.8 Å². The van der Waals surface area contributed by atoms with Gasteiger partial charge in [-0.05, 0) is 24.6 Å². The summed E-state index contributed by atoms with van der Waals surface area (Å²) in [4.78, 5) is 34.7. The van der Waals surface area contributed by atoms with Crippen LogP contribution in [0.3, 0.4) is 0 Å². The number of carboxylic acid groups (broad SMARTS) is 2. The molecule has 8 heteroatoms. The second-order valence-electron chi connectivity index (χ2n) is 4.41. The van der Waals surface area contributed by atoms with Gasteiger partial charge in [0.25, 0.3) is 0 Å². The number of nitrogens with two attached hydrogens (primary N) is 1. The molecule has 0 saturated heterocycles. The summed E-state index contributed by atoms with van der Waals surface area (Å²) in [5.74, 6) is -2.95. The quantitative estimate of drug-likeness (QED) is 0.584. The van der Waals surface area contributed by atoms with Crippen LogP contribution in [0.25, 0.3) is 0 Å². The van der Waals surface area contributed by atoms with Crippen molar-refractivity contribution in [1.82, 2.24) is 0 Å². The molecule has 0 aliphatic carbocycles. The highest BCUT2D eigenvalue weighted by molar-refractivity contribution is 5.91. The second kappa shape index (κ2) is 7.99. The molecule has 0 spiro atoms. The van der Waals surface area contributed by atoms with Gasteiger partial charge in [0.1, 0.15) is 13.1 Å². The number of rotatable bonds is 8. The third kappa shape index (κ3) is 4.74. The predicted octanol–water partition coefficient (Wildman–Crippen LogP) is 0.298. The van der Waals surface area contributed by atoms with E-state index in [1.807, 2.05) is 0 Å². The topological polar surface area (TPSA) is 130 Å². The van der Waals surface area contributed by atoms with Crippen LogP contribution in [0.4, 0.5) is 5.69 Å². The molecule has 0 atom stereocenters. The van der Waals surface area contributed by atoms with Gasteiger partial charge in [-0.25, -0.2) is 4.79 Å². The Morgan fingerprint density at radius 2 is 1.77 bits per heavy atom. The van der Waals surface area contributed by atoms with Crippen molar-refractivity contribution in [2.24, 2.45) is 5.73 Å². The molecule has 22 heavy (non-hydrogen) atoms. The Morgan fingerprint density at radius 1 is 1.18 bits per heavy atom. The molecule has 0 amide bonds. The Hall–Kier alpha value is -2.61. The lowest BCUT2D eigenvalue weighted by atomic mass is 10.1. The minimum absolute atomic E-state index is 0.0776. The lowest BCUT2D eigenvalue weighted by Gasteiger charge is -2.24. The first kappa shape index (κ1) is 17.4. The summed E-state index contributed by atoms with van der Waals surface area (Å²) in [7, 11) is 0. The molecule has 0 unspecified atom stereocenters. The molecule has 0 aliphatic rings. The molecule has 4 N–H and O–H groups in total. The van der Waals surface area contributed by atoms with Gasteiger partial charge in [0, 0.05) is 12.2 Å². The average molecular weight is 310 g/mol. The number of carbonyl (C=O) groups excluding carboxylic acids is 1. The number of nitrogens with zero attached hydrogens (tertiary/aromatic N) is 1. The van der Waals surface area contributed by atoms with Crippen LogP contribution in [-0.2, 0) is 20.9 Å². The summed E-state index contributed by atoms with van der Waals surface area (Å²) in [5.41, 5.74) is 6.63. The molecule has 1 aromatic carbocycles. The highest BCUT2D eigenvalue weighted by Gasteiger charge is 2.19. The number of esters is 1. The fourth-order valence-electron chi connectivity index (χ4n) is 1.93. The molecule has 0 radical (unpaired) electrons. The van der Waals surface area contributed by atoms with Crippen molar-refractivity contribution in [3.8, 4) is 0 Å². The van der Waals surface area contributed by atoms with Crippen molar-refractivity contribution in [3.05, 3.63) is 29.3 Å². The molecule has 1 rings (SSSR count). The normalized spacial score (nSPS) is 10.1. The molecule has 0 aliphatic heterocycles. The SMILES string of the molecule is CCOC(=O)c1ccc(CN)c(N(CC(=O)O)CC(=O)O)c1. The maximum absolute atomic E-state index is 11.8. The van der Waals surface area contributed by atoms with Gasteiger partial charge in [0.05, 0.1) is 12.2 Å². The largest absolute Gasteiger partial charge is 0.480 e. The zero-order valence-corrected chi connectivity index (χ0v) is 12.1. The highest BCUT2D eigenvalue weighted by Crippen LogP contribution is 2.23. The van der Waals surface area contributed by atoms with Gasteiger partial charge in [0.2, 0.25) is 0 Å². The first-order chi connectivity index (χ1) is 10.4. The highest BCUT2D eigenvalue weighted by atomic mass is 16.5. The number of hydrogen-bond donors (Lipinski definition) is 3. The Bertz CT molecular complexity index is 556. The van der Waals surface area contributed by atoms with E-state index in [1.165, 1.54) is 12.1 Å². The summed E-state index contributed by atoms with van der Waals surface area (Å²) in [6.07, 6.45) is 0. The summed E-state index contributed by atoms with van der Waals surface area (Å²) >= 11 is 0. The number of anilines is 1. The molecule has 8 nitrogen and oxygen atoms in total. The van der Waals surface area contributed by atoms with Crippen LogP contribution in [-0.4, -0.2) is 47.8 Å². The van der Waals surface area contributed by atoms with Crippen molar-refractivity contribution in [2.75, 3.05) is 24.6 Å². The molecule has 120 valence electrons. The number of hydrogen-bond acceptors (Lipinski definition) is 6. The fraction of sp³-hybridized carbons (Fsp3) is 0.357. The van der Waals surface area contributed by atoms with E-state index in [-0.39, 0.29) is 24.4 Å². The van der Waals surface area contributed by atoms with Crippen LogP contribution in [0, 0.1) is 0 Å². The zero-order chi connectivity index (χ0) is 16.7. The van der Waals surface area contributed by atoms with Crippen molar-refractivity contribution in [2.45, 2.75) is 13.5 Å². The van der Waals surface area contributed by atoms with E-state index in [2.05, 4.69) is 0 Å². The maximum atomic E-state index is 11.8. The monoisotopic (exact) mass is 310 g/mol. The van der Waals surface area contributed by atoms with E-state index in [1.54, 1.807) is 13.0 Å². The molecule has 0 fully saturated rings. The first-order valence-electron chi connectivity index (χ1n) is 6.57. The van der Waals surface area contributed by atoms with Crippen LogP contribution in [0.15, 0.2) is 18.2 Å². The minimum atomic E-state index is -1.19. The predicted molar refractivity (Wildman–Crippen MR) is 77.8 cm³/mol. The molecule has 0 aromatic heterocycles. The number of aliphatic carboxylic acids is 2. The average Bonchev–Trinajstić information content (AvgIpc) is 2.45. The van der Waals surface area contributed by atoms with Crippen LogP contribution < -0.4 is 10.6 Å². The maximum Gasteiger partial charge on any atom is 0.338 e.